The SMILES string of the molecule is CC1CCC2(CC1)NC(=O)N(NC(=O)c1ccc3c(c1)CCN3S(C)(=O)=O)C2=O. The summed E-state index contributed by atoms with van der Waals surface area (Å²) < 4.78 is 25.0. The number of rotatable bonds is 3. The van der Waals surface area contributed by atoms with Crippen molar-refractivity contribution in [3.05, 3.63) is 29.3 Å². The van der Waals surface area contributed by atoms with Crippen molar-refractivity contribution in [3.63, 3.8) is 0 Å². The van der Waals surface area contributed by atoms with Crippen molar-refractivity contribution in [2.75, 3.05) is 17.1 Å². The van der Waals surface area contributed by atoms with E-state index in [9.17, 15) is 22.8 Å². The molecule has 9 nitrogen and oxygen atoms in total. The molecule has 2 heterocycles. The highest BCUT2D eigenvalue weighted by Crippen LogP contribution is 2.36. The predicted octanol–water partition coefficient (Wildman–Crippen LogP) is 1.15. The second kappa shape index (κ2) is 6.72. The van der Waals surface area contributed by atoms with Gasteiger partial charge in [0.1, 0.15) is 5.54 Å². The van der Waals surface area contributed by atoms with Gasteiger partial charge in [-0.05, 0) is 61.8 Å². The standard InChI is InChI=1S/C19H24N4O5S/c1-12-5-8-19(9-6-12)17(25)23(18(26)20-19)21-16(24)14-3-4-15-13(11-14)7-10-22(15)29(2,27)28/h3-4,11-12H,5-10H2,1-2H3,(H,20,26)(H,21,24). The smallest absolute Gasteiger partial charge is 0.322 e. The molecule has 0 unspecified atom stereocenters. The van der Waals surface area contributed by atoms with Crippen LogP contribution in [0, 0.1) is 5.92 Å². The van der Waals surface area contributed by atoms with Crippen molar-refractivity contribution < 1.29 is 22.8 Å². The summed E-state index contributed by atoms with van der Waals surface area (Å²) in [5, 5.41) is 3.53. The van der Waals surface area contributed by atoms with Gasteiger partial charge in [-0.1, -0.05) is 6.92 Å². The minimum Gasteiger partial charge on any atom is -0.322 e. The molecule has 1 aromatic carbocycles. The lowest BCUT2D eigenvalue weighted by Gasteiger charge is -2.33. The highest BCUT2D eigenvalue weighted by atomic mass is 32.2. The zero-order chi connectivity index (χ0) is 21.0. The van der Waals surface area contributed by atoms with Crippen LogP contribution in [0.2, 0.25) is 0 Å². The topological polar surface area (TPSA) is 116 Å². The first-order valence-corrected chi connectivity index (χ1v) is 11.5. The predicted molar refractivity (Wildman–Crippen MR) is 106 cm³/mol. The van der Waals surface area contributed by atoms with E-state index in [1.54, 1.807) is 12.1 Å². The van der Waals surface area contributed by atoms with Gasteiger partial charge in [-0.3, -0.25) is 19.3 Å². The third-order valence-corrected chi connectivity index (χ3v) is 7.28. The lowest BCUT2D eigenvalue weighted by Crippen LogP contribution is -2.51. The lowest BCUT2D eigenvalue weighted by atomic mass is 9.77. The van der Waals surface area contributed by atoms with Crippen LogP contribution in [-0.4, -0.2) is 49.6 Å². The van der Waals surface area contributed by atoms with Crippen LogP contribution in [0.1, 0.15) is 48.5 Å². The number of hydrogen-bond acceptors (Lipinski definition) is 5. The molecule has 4 rings (SSSR count). The van der Waals surface area contributed by atoms with Crippen LogP contribution in [-0.2, 0) is 21.2 Å². The molecule has 1 saturated heterocycles. The van der Waals surface area contributed by atoms with E-state index in [2.05, 4.69) is 17.7 Å². The largest absolute Gasteiger partial charge is 0.344 e. The second-order valence-corrected chi connectivity index (χ2v) is 10.1. The number of amides is 4. The van der Waals surface area contributed by atoms with Gasteiger partial charge in [0.25, 0.3) is 11.8 Å². The van der Waals surface area contributed by atoms with Gasteiger partial charge < -0.3 is 5.32 Å². The van der Waals surface area contributed by atoms with Crippen LogP contribution in [0.5, 0.6) is 0 Å². The number of fused-ring (bicyclic) bond motifs is 1. The number of sulfonamides is 1. The van der Waals surface area contributed by atoms with E-state index in [0.717, 1.165) is 29.7 Å². The van der Waals surface area contributed by atoms with E-state index in [0.29, 0.717) is 37.4 Å². The monoisotopic (exact) mass is 420 g/mol. The van der Waals surface area contributed by atoms with E-state index in [-0.39, 0.29) is 5.56 Å². The summed E-state index contributed by atoms with van der Waals surface area (Å²) in [4.78, 5) is 37.9. The number of carbonyl (C=O) groups excluding carboxylic acids is 3. The van der Waals surface area contributed by atoms with Crippen LogP contribution >= 0.6 is 0 Å². The molecule has 2 aliphatic heterocycles. The summed E-state index contributed by atoms with van der Waals surface area (Å²) in [5.41, 5.74) is 3.03. The third-order valence-electron chi connectivity index (χ3n) is 6.10. The minimum atomic E-state index is -3.38. The number of hydrogen-bond donors (Lipinski definition) is 2. The van der Waals surface area contributed by atoms with E-state index in [1.807, 2.05) is 0 Å². The molecule has 2 N–H and O–H groups in total. The Morgan fingerprint density at radius 3 is 2.59 bits per heavy atom. The molecule has 10 heteroatoms. The molecule has 1 spiro atoms. The van der Waals surface area contributed by atoms with Gasteiger partial charge in [-0.15, -0.1) is 0 Å². The van der Waals surface area contributed by atoms with Crippen LogP contribution in [0.25, 0.3) is 0 Å². The molecule has 0 bridgehead atoms. The maximum atomic E-state index is 12.9. The molecule has 156 valence electrons. The first-order valence-electron chi connectivity index (χ1n) is 9.69. The van der Waals surface area contributed by atoms with Gasteiger partial charge in [-0.2, -0.15) is 5.01 Å². The summed E-state index contributed by atoms with van der Waals surface area (Å²) >= 11 is 0. The van der Waals surface area contributed by atoms with Crippen molar-refractivity contribution >= 4 is 33.6 Å². The molecule has 29 heavy (non-hydrogen) atoms. The number of nitrogens with zero attached hydrogens (tertiary/aromatic N) is 2. The van der Waals surface area contributed by atoms with Crippen molar-refractivity contribution in [1.29, 1.82) is 0 Å². The third kappa shape index (κ3) is 3.35. The Bertz CT molecular complexity index is 998. The summed E-state index contributed by atoms with van der Waals surface area (Å²) in [5.74, 6) is -0.505. The Labute approximate surface area is 169 Å². The van der Waals surface area contributed by atoms with Crippen molar-refractivity contribution in [3.8, 4) is 0 Å². The van der Waals surface area contributed by atoms with Crippen molar-refractivity contribution in [2.24, 2.45) is 5.92 Å². The number of imide groups is 1. The zero-order valence-corrected chi connectivity index (χ0v) is 17.2. The maximum Gasteiger partial charge on any atom is 0.344 e. The quantitative estimate of drug-likeness (QED) is 0.712. The van der Waals surface area contributed by atoms with Gasteiger partial charge in [-0.25, -0.2) is 13.2 Å². The molecule has 1 aromatic rings. The Morgan fingerprint density at radius 1 is 1.24 bits per heavy atom. The molecule has 1 aliphatic carbocycles. The first-order chi connectivity index (χ1) is 13.6. The average Bonchev–Trinajstić information content (AvgIpc) is 3.19. The van der Waals surface area contributed by atoms with Gasteiger partial charge in [0.15, 0.2) is 0 Å². The Morgan fingerprint density at radius 2 is 1.93 bits per heavy atom. The molecule has 0 atom stereocenters. The average molecular weight is 420 g/mol. The van der Waals surface area contributed by atoms with Gasteiger partial charge >= 0.3 is 6.03 Å². The summed E-state index contributed by atoms with van der Waals surface area (Å²) in [7, 11) is -3.38. The minimum absolute atomic E-state index is 0.262. The first kappa shape index (κ1) is 19.7. The number of urea groups is 1. The maximum absolute atomic E-state index is 12.9. The van der Waals surface area contributed by atoms with Crippen molar-refractivity contribution in [2.45, 2.75) is 44.6 Å². The molecule has 2 fully saturated rings. The van der Waals surface area contributed by atoms with E-state index >= 15 is 0 Å². The van der Waals surface area contributed by atoms with E-state index < -0.39 is 33.4 Å². The molecule has 3 aliphatic rings. The fraction of sp³-hybridized carbons (Fsp3) is 0.526. The summed E-state index contributed by atoms with van der Waals surface area (Å²) in [6.07, 6.45) is 4.44. The number of benzene rings is 1. The zero-order valence-electron chi connectivity index (χ0n) is 16.4. The van der Waals surface area contributed by atoms with Crippen LogP contribution < -0.4 is 15.0 Å². The van der Waals surface area contributed by atoms with Crippen LogP contribution in [0.4, 0.5) is 10.5 Å². The van der Waals surface area contributed by atoms with E-state index in [4.69, 9.17) is 0 Å². The highest BCUT2D eigenvalue weighted by Gasteiger charge is 2.53. The van der Waals surface area contributed by atoms with Crippen molar-refractivity contribution in [1.82, 2.24) is 15.8 Å². The summed E-state index contributed by atoms with van der Waals surface area (Å²) in [6.45, 7) is 2.44. The Kier molecular flexibility index (Phi) is 4.56. The summed E-state index contributed by atoms with van der Waals surface area (Å²) in [6, 6.07) is 4.05. The fourth-order valence-corrected chi connectivity index (χ4v) is 5.30. The second-order valence-electron chi connectivity index (χ2n) is 8.20. The normalized spacial score (nSPS) is 26.6. The number of carbonyl (C=O) groups is 3. The molecule has 4 amide bonds. The molecule has 0 radical (unpaired) electrons. The number of hydrazine groups is 1. The molecule has 0 aromatic heterocycles. The Hall–Kier alpha value is -2.62. The highest BCUT2D eigenvalue weighted by molar-refractivity contribution is 7.92. The number of nitrogens with one attached hydrogen (secondary N) is 2. The molecular formula is C19H24N4O5S. The number of anilines is 1. The van der Waals surface area contributed by atoms with E-state index in [1.165, 1.54) is 10.4 Å². The van der Waals surface area contributed by atoms with Crippen LogP contribution in [0.3, 0.4) is 0 Å². The lowest BCUT2D eigenvalue weighted by molar-refractivity contribution is -0.134. The molecular weight excluding hydrogens is 396 g/mol. The van der Waals surface area contributed by atoms with Crippen LogP contribution in [0.15, 0.2) is 18.2 Å². The van der Waals surface area contributed by atoms with Gasteiger partial charge in [0.05, 0.1) is 11.9 Å². The van der Waals surface area contributed by atoms with Gasteiger partial charge in [0, 0.05) is 12.1 Å². The fourth-order valence-electron chi connectivity index (χ4n) is 4.34. The molecule has 1 saturated carbocycles. The Balaban J connectivity index is 1.50. The van der Waals surface area contributed by atoms with Gasteiger partial charge in [0.2, 0.25) is 10.0 Å².